The smallest absolute Gasteiger partial charge is 0.373 e. The highest BCUT2D eigenvalue weighted by Gasteiger charge is 2.16. The van der Waals surface area contributed by atoms with Crippen LogP contribution in [-0.4, -0.2) is 27.8 Å². The molecule has 0 aliphatic heterocycles. The molecule has 0 unspecified atom stereocenters. The number of aryl methyl sites for hydroxylation is 1. The third-order valence-electron chi connectivity index (χ3n) is 3.33. The molecule has 0 aliphatic rings. The Morgan fingerprint density at radius 2 is 2.17 bits per heavy atom. The average molecular weight is 333 g/mol. The summed E-state index contributed by atoms with van der Waals surface area (Å²) in [5, 5.41) is 9.14. The van der Waals surface area contributed by atoms with E-state index in [2.05, 4.69) is 14.9 Å². The van der Waals surface area contributed by atoms with Crippen molar-refractivity contribution in [3.05, 3.63) is 41.7 Å². The van der Waals surface area contributed by atoms with Gasteiger partial charge in [-0.1, -0.05) is 11.8 Å². The number of ether oxygens (including phenoxy) is 1. The number of hydrogen-bond acceptors (Lipinski definition) is 7. The molecule has 0 saturated heterocycles. The van der Waals surface area contributed by atoms with Gasteiger partial charge in [-0.05, 0) is 25.1 Å². The number of thioether (sulfide) groups is 1. The predicted molar refractivity (Wildman–Crippen MR) is 83.1 cm³/mol. The molecular weight excluding hydrogens is 318 g/mol. The van der Waals surface area contributed by atoms with Gasteiger partial charge in [0.15, 0.2) is 11.0 Å². The maximum Gasteiger partial charge on any atom is 0.373 e. The summed E-state index contributed by atoms with van der Waals surface area (Å²) in [4.78, 5) is 11.4. The van der Waals surface area contributed by atoms with Crippen molar-refractivity contribution in [2.24, 2.45) is 7.05 Å². The first kappa shape index (κ1) is 15.4. The summed E-state index contributed by atoms with van der Waals surface area (Å²) in [6.45, 7) is 1.88. The second-order valence-electron chi connectivity index (χ2n) is 4.80. The molecule has 120 valence electrons. The number of carbonyl (C=O) groups is 1. The van der Waals surface area contributed by atoms with Gasteiger partial charge in [-0.3, -0.25) is 0 Å². The fraction of sp³-hybridized carbons (Fsp3) is 0.267. The lowest BCUT2D eigenvalue weighted by atomic mass is 10.2. The summed E-state index contributed by atoms with van der Waals surface area (Å²) < 4.78 is 17.2. The Kier molecular flexibility index (Phi) is 4.24. The van der Waals surface area contributed by atoms with Gasteiger partial charge in [0.05, 0.1) is 24.7 Å². The van der Waals surface area contributed by atoms with Crippen molar-refractivity contribution in [3.63, 3.8) is 0 Å². The molecule has 0 spiro atoms. The van der Waals surface area contributed by atoms with Gasteiger partial charge in [0.2, 0.25) is 5.76 Å². The molecule has 0 aromatic carbocycles. The lowest BCUT2D eigenvalue weighted by Gasteiger charge is -2.02. The molecule has 0 saturated carbocycles. The Labute approximate surface area is 136 Å². The lowest BCUT2D eigenvalue weighted by Crippen LogP contribution is -1.98. The van der Waals surface area contributed by atoms with Crippen LogP contribution in [0.1, 0.15) is 22.1 Å². The lowest BCUT2D eigenvalue weighted by molar-refractivity contribution is 0.0563. The van der Waals surface area contributed by atoms with E-state index in [-0.39, 0.29) is 5.76 Å². The molecule has 0 aliphatic carbocycles. The molecular formula is C15H15N3O4S. The standard InChI is InChI=1S/C15H15N3O4S/c1-9-11(6-7-21-9)13-16-17-15(18(13)2)23-8-10-4-5-12(22-10)14(19)20-3/h4-7H,8H2,1-3H3. The highest BCUT2D eigenvalue weighted by atomic mass is 32.2. The van der Waals surface area contributed by atoms with Crippen molar-refractivity contribution < 1.29 is 18.4 Å². The van der Waals surface area contributed by atoms with Gasteiger partial charge >= 0.3 is 5.97 Å². The fourth-order valence-electron chi connectivity index (χ4n) is 2.09. The van der Waals surface area contributed by atoms with Crippen LogP contribution in [0.25, 0.3) is 11.4 Å². The molecule has 7 nitrogen and oxygen atoms in total. The van der Waals surface area contributed by atoms with Gasteiger partial charge < -0.3 is 18.1 Å². The van der Waals surface area contributed by atoms with Crippen LogP contribution in [0.3, 0.4) is 0 Å². The Hall–Kier alpha value is -2.48. The van der Waals surface area contributed by atoms with E-state index in [9.17, 15) is 4.79 Å². The first-order valence-electron chi connectivity index (χ1n) is 6.84. The second kappa shape index (κ2) is 6.33. The quantitative estimate of drug-likeness (QED) is 0.524. The third-order valence-corrected chi connectivity index (χ3v) is 4.37. The maximum atomic E-state index is 11.4. The SMILES string of the molecule is COC(=O)c1ccc(CSc2nnc(-c3ccoc3C)n2C)o1. The molecule has 8 heteroatoms. The van der Waals surface area contributed by atoms with Crippen LogP contribution in [0.4, 0.5) is 0 Å². The summed E-state index contributed by atoms with van der Waals surface area (Å²) in [5.74, 6) is 2.44. The zero-order valence-corrected chi connectivity index (χ0v) is 13.7. The average Bonchev–Trinajstić information content (AvgIpc) is 3.25. The monoisotopic (exact) mass is 333 g/mol. The van der Waals surface area contributed by atoms with Crippen LogP contribution in [0.5, 0.6) is 0 Å². The van der Waals surface area contributed by atoms with Crippen molar-refractivity contribution in [2.75, 3.05) is 7.11 Å². The molecule has 23 heavy (non-hydrogen) atoms. The number of hydrogen-bond donors (Lipinski definition) is 0. The Morgan fingerprint density at radius 1 is 1.35 bits per heavy atom. The van der Waals surface area contributed by atoms with Crippen LogP contribution in [0, 0.1) is 6.92 Å². The van der Waals surface area contributed by atoms with Gasteiger partial charge in [0.25, 0.3) is 0 Å². The molecule has 3 heterocycles. The van der Waals surface area contributed by atoms with Crippen molar-refractivity contribution >= 4 is 17.7 Å². The molecule has 3 rings (SSSR count). The van der Waals surface area contributed by atoms with E-state index in [1.165, 1.54) is 18.9 Å². The van der Waals surface area contributed by atoms with Crippen LogP contribution in [0.15, 0.2) is 38.5 Å². The zero-order chi connectivity index (χ0) is 16.4. The van der Waals surface area contributed by atoms with Crippen LogP contribution in [-0.2, 0) is 17.5 Å². The van der Waals surface area contributed by atoms with Gasteiger partial charge in [-0.15, -0.1) is 10.2 Å². The van der Waals surface area contributed by atoms with E-state index in [0.29, 0.717) is 11.5 Å². The molecule has 3 aromatic heterocycles. The molecule has 0 atom stereocenters. The largest absolute Gasteiger partial charge is 0.469 e. The minimum absolute atomic E-state index is 0.191. The van der Waals surface area contributed by atoms with Crippen molar-refractivity contribution in [3.8, 4) is 11.4 Å². The number of nitrogens with zero attached hydrogens (tertiary/aromatic N) is 3. The zero-order valence-electron chi connectivity index (χ0n) is 12.9. The summed E-state index contributed by atoms with van der Waals surface area (Å²) in [5.41, 5.74) is 0.915. The molecule has 0 amide bonds. The number of esters is 1. The van der Waals surface area contributed by atoms with Crippen LogP contribution < -0.4 is 0 Å². The highest BCUT2D eigenvalue weighted by molar-refractivity contribution is 7.98. The number of furan rings is 2. The summed E-state index contributed by atoms with van der Waals surface area (Å²) in [6, 6.07) is 5.21. The number of methoxy groups -OCH3 is 1. The van der Waals surface area contributed by atoms with E-state index < -0.39 is 5.97 Å². The van der Waals surface area contributed by atoms with E-state index in [1.807, 2.05) is 24.6 Å². The summed E-state index contributed by atoms with van der Waals surface area (Å²) in [6.07, 6.45) is 1.63. The summed E-state index contributed by atoms with van der Waals surface area (Å²) in [7, 11) is 3.21. The molecule has 0 radical (unpaired) electrons. The topological polar surface area (TPSA) is 83.3 Å². The van der Waals surface area contributed by atoms with Gasteiger partial charge in [0, 0.05) is 7.05 Å². The van der Waals surface area contributed by atoms with Gasteiger partial charge in [-0.25, -0.2) is 4.79 Å². The number of carbonyl (C=O) groups excluding carboxylic acids is 1. The van der Waals surface area contributed by atoms with E-state index in [0.717, 1.165) is 22.3 Å². The van der Waals surface area contributed by atoms with Crippen molar-refractivity contribution in [1.29, 1.82) is 0 Å². The second-order valence-corrected chi connectivity index (χ2v) is 5.74. The maximum absolute atomic E-state index is 11.4. The van der Waals surface area contributed by atoms with Gasteiger partial charge in [0.1, 0.15) is 11.5 Å². The fourth-order valence-corrected chi connectivity index (χ4v) is 2.90. The van der Waals surface area contributed by atoms with Crippen molar-refractivity contribution in [1.82, 2.24) is 14.8 Å². The molecule has 0 fully saturated rings. The molecule has 0 bridgehead atoms. The first-order chi connectivity index (χ1) is 11.1. The third kappa shape index (κ3) is 3.02. The van der Waals surface area contributed by atoms with Crippen LogP contribution in [0.2, 0.25) is 0 Å². The number of aromatic nitrogens is 3. The minimum Gasteiger partial charge on any atom is -0.469 e. The summed E-state index contributed by atoms with van der Waals surface area (Å²) >= 11 is 1.47. The highest BCUT2D eigenvalue weighted by Crippen LogP contribution is 2.27. The molecule has 3 aromatic rings. The van der Waals surface area contributed by atoms with Crippen molar-refractivity contribution in [2.45, 2.75) is 17.8 Å². The van der Waals surface area contributed by atoms with E-state index >= 15 is 0 Å². The minimum atomic E-state index is -0.488. The normalized spacial score (nSPS) is 10.9. The Bertz CT molecular complexity index is 834. The Morgan fingerprint density at radius 3 is 2.87 bits per heavy atom. The van der Waals surface area contributed by atoms with Crippen LogP contribution >= 0.6 is 11.8 Å². The Balaban J connectivity index is 1.72. The molecule has 0 N–H and O–H groups in total. The first-order valence-corrected chi connectivity index (χ1v) is 7.82. The number of rotatable bonds is 5. The predicted octanol–water partition coefficient (Wildman–Crippen LogP) is 3.06. The van der Waals surface area contributed by atoms with Gasteiger partial charge in [-0.2, -0.15) is 0 Å². The van der Waals surface area contributed by atoms with E-state index in [4.69, 9.17) is 8.83 Å². The van der Waals surface area contributed by atoms with E-state index in [1.54, 1.807) is 18.4 Å².